The van der Waals surface area contributed by atoms with Crippen molar-refractivity contribution in [3.63, 3.8) is 0 Å². The average Bonchev–Trinajstić information content (AvgIpc) is 2.79. The highest BCUT2D eigenvalue weighted by molar-refractivity contribution is 5.94. The van der Waals surface area contributed by atoms with Crippen LogP contribution in [0.2, 0.25) is 0 Å². The van der Waals surface area contributed by atoms with Crippen LogP contribution >= 0.6 is 0 Å². The van der Waals surface area contributed by atoms with Crippen LogP contribution in [0.25, 0.3) is 16.6 Å². The zero-order valence-corrected chi connectivity index (χ0v) is 17.7. The first-order valence-electron chi connectivity index (χ1n) is 10.5. The number of para-hydroxylation sites is 1. The van der Waals surface area contributed by atoms with Gasteiger partial charge in [-0.1, -0.05) is 42.5 Å². The minimum Gasteiger partial charge on any atom is -0.350 e. The summed E-state index contributed by atoms with van der Waals surface area (Å²) in [6.45, 7) is 3.82. The minimum absolute atomic E-state index is 0.0573. The predicted octanol–water partition coefficient (Wildman–Crippen LogP) is 4.45. The van der Waals surface area contributed by atoms with E-state index < -0.39 is 0 Å². The van der Waals surface area contributed by atoms with Crippen molar-refractivity contribution in [2.24, 2.45) is 0 Å². The van der Waals surface area contributed by atoms with E-state index in [9.17, 15) is 9.59 Å². The molecule has 4 aromatic rings. The van der Waals surface area contributed by atoms with E-state index in [1.54, 1.807) is 34.9 Å². The van der Waals surface area contributed by atoms with E-state index in [4.69, 9.17) is 0 Å². The van der Waals surface area contributed by atoms with Crippen molar-refractivity contribution in [2.75, 3.05) is 0 Å². The maximum atomic E-state index is 12.9. The Morgan fingerprint density at radius 3 is 2.39 bits per heavy atom. The fourth-order valence-electron chi connectivity index (χ4n) is 3.72. The zero-order valence-electron chi connectivity index (χ0n) is 17.7. The summed E-state index contributed by atoms with van der Waals surface area (Å²) in [6.07, 6.45) is 1.78. The number of carbonyl (C=O) groups is 1. The van der Waals surface area contributed by atoms with Crippen molar-refractivity contribution in [1.29, 1.82) is 0 Å². The highest BCUT2D eigenvalue weighted by atomic mass is 16.1. The van der Waals surface area contributed by atoms with Crippen LogP contribution in [0, 0.1) is 6.92 Å². The number of carbonyl (C=O) groups excluding carboxylic acids is 1. The van der Waals surface area contributed by atoms with Gasteiger partial charge in [0.2, 0.25) is 0 Å². The Morgan fingerprint density at radius 2 is 1.65 bits per heavy atom. The quantitative estimate of drug-likeness (QED) is 0.510. The molecule has 5 nitrogen and oxygen atoms in total. The van der Waals surface area contributed by atoms with Crippen molar-refractivity contribution >= 4 is 16.8 Å². The molecule has 156 valence electrons. The average molecular weight is 412 g/mol. The lowest BCUT2D eigenvalue weighted by molar-refractivity contribution is 0.0938. The lowest BCUT2D eigenvalue weighted by atomic mass is 10.1. The van der Waals surface area contributed by atoms with Crippen LogP contribution in [0.1, 0.15) is 35.1 Å². The molecule has 0 fully saturated rings. The van der Waals surface area contributed by atoms with E-state index in [0.29, 0.717) is 28.0 Å². The summed E-state index contributed by atoms with van der Waals surface area (Å²) in [7, 11) is 0. The number of fused-ring (bicyclic) bond motifs is 1. The number of hydrogen-bond donors (Lipinski definition) is 1. The van der Waals surface area contributed by atoms with Crippen molar-refractivity contribution in [1.82, 2.24) is 14.9 Å². The van der Waals surface area contributed by atoms with E-state index in [1.807, 2.05) is 50.2 Å². The number of benzene rings is 3. The molecule has 0 bridgehead atoms. The molecule has 0 radical (unpaired) electrons. The summed E-state index contributed by atoms with van der Waals surface area (Å²) in [5, 5.41) is 3.62. The number of amides is 1. The summed E-state index contributed by atoms with van der Waals surface area (Å²) in [6, 6.07) is 24.7. The first-order chi connectivity index (χ1) is 15.0. The van der Waals surface area contributed by atoms with Gasteiger partial charge >= 0.3 is 0 Å². The fraction of sp³-hybridized carbons (Fsp3) is 0.192. The number of nitrogens with zero attached hydrogens (tertiary/aromatic N) is 2. The molecule has 1 N–H and O–H groups in total. The molecule has 0 aliphatic carbocycles. The molecule has 1 aromatic heterocycles. The Kier molecular flexibility index (Phi) is 5.94. The Labute approximate surface area is 181 Å². The largest absolute Gasteiger partial charge is 0.350 e. The molecule has 0 aliphatic heterocycles. The van der Waals surface area contributed by atoms with E-state index in [2.05, 4.69) is 22.4 Å². The lowest BCUT2D eigenvalue weighted by Crippen LogP contribution is -2.32. The molecule has 0 unspecified atom stereocenters. The molecular weight excluding hydrogens is 386 g/mol. The van der Waals surface area contributed by atoms with Crippen LogP contribution < -0.4 is 10.9 Å². The predicted molar refractivity (Wildman–Crippen MR) is 124 cm³/mol. The lowest BCUT2D eigenvalue weighted by Gasteiger charge is -2.15. The third-order valence-corrected chi connectivity index (χ3v) is 5.42. The van der Waals surface area contributed by atoms with Gasteiger partial charge in [0.25, 0.3) is 11.5 Å². The van der Waals surface area contributed by atoms with Crippen molar-refractivity contribution in [3.8, 4) is 5.69 Å². The monoisotopic (exact) mass is 411 g/mol. The van der Waals surface area contributed by atoms with Crippen molar-refractivity contribution in [2.45, 2.75) is 32.7 Å². The molecule has 0 saturated carbocycles. The number of aromatic nitrogens is 2. The van der Waals surface area contributed by atoms with Gasteiger partial charge in [0.15, 0.2) is 0 Å². The van der Waals surface area contributed by atoms with Crippen LogP contribution in [0.3, 0.4) is 0 Å². The summed E-state index contributed by atoms with van der Waals surface area (Å²) in [5.74, 6) is 0.489. The van der Waals surface area contributed by atoms with Gasteiger partial charge in [-0.15, -0.1) is 0 Å². The number of aryl methyl sites for hydroxylation is 2. The van der Waals surface area contributed by atoms with E-state index in [-0.39, 0.29) is 17.5 Å². The molecule has 1 heterocycles. The van der Waals surface area contributed by atoms with Gasteiger partial charge in [-0.25, -0.2) is 4.98 Å². The van der Waals surface area contributed by atoms with Crippen LogP contribution in [0.4, 0.5) is 0 Å². The summed E-state index contributed by atoms with van der Waals surface area (Å²) in [5.41, 5.74) is 3.08. The van der Waals surface area contributed by atoms with Crippen LogP contribution in [0.15, 0.2) is 83.7 Å². The molecule has 0 spiro atoms. The molecule has 1 atom stereocenters. The number of nitrogens with one attached hydrogen (secondary N) is 1. The third-order valence-electron chi connectivity index (χ3n) is 5.42. The molecule has 4 rings (SSSR count). The van der Waals surface area contributed by atoms with Crippen LogP contribution in [0.5, 0.6) is 0 Å². The molecule has 3 aromatic carbocycles. The smallest absolute Gasteiger partial charge is 0.265 e. The van der Waals surface area contributed by atoms with Gasteiger partial charge in [0.05, 0.1) is 16.6 Å². The highest BCUT2D eigenvalue weighted by Crippen LogP contribution is 2.14. The maximum Gasteiger partial charge on any atom is 0.265 e. The van der Waals surface area contributed by atoms with E-state index in [1.165, 1.54) is 5.56 Å². The molecule has 0 saturated heterocycles. The van der Waals surface area contributed by atoms with Crippen LogP contribution in [-0.2, 0) is 6.42 Å². The normalized spacial score (nSPS) is 11.9. The van der Waals surface area contributed by atoms with Gasteiger partial charge in [0.1, 0.15) is 5.82 Å². The minimum atomic E-state index is -0.118. The van der Waals surface area contributed by atoms with Gasteiger partial charge < -0.3 is 5.32 Å². The molecular formula is C26H25N3O2. The molecule has 31 heavy (non-hydrogen) atoms. The van der Waals surface area contributed by atoms with E-state index in [0.717, 1.165) is 12.8 Å². The van der Waals surface area contributed by atoms with Gasteiger partial charge in [-0.2, -0.15) is 0 Å². The standard InChI is InChI=1S/C26H25N3O2/c1-18(12-13-20-8-4-3-5-9-20)27-25(30)21-14-16-22(17-15-21)29-19(2)28-24-11-7-6-10-23(24)26(29)31/h3-11,14-18H,12-13H2,1-2H3,(H,27,30)/t18-/m1/s1. The van der Waals surface area contributed by atoms with Gasteiger partial charge in [-0.3, -0.25) is 14.2 Å². The first kappa shape index (κ1) is 20.5. The maximum absolute atomic E-state index is 12.9. The molecule has 1 amide bonds. The number of hydrogen-bond acceptors (Lipinski definition) is 3. The summed E-state index contributed by atoms with van der Waals surface area (Å²) < 4.78 is 1.58. The Hall–Kier alpha value is -3.73. The second-order valence-electron chi connectivity index (χ2n) is 7.76. The molecule has 0 aliphatic rings. The molecule has 5 heteroatoms. The van der Waals surface area contributed by atoms with Gasteiger partial charge in [-0.05, 0) is 68.7 Å². The Morgan fingerprint density at radius 1 is 0.968 bits per heavy atom. The summed E-state index contributed by atoms with van der Waals surface area (Å²) >= 11 is 0. The Balaban J connectivity index is 1.47. The third kappa shape index (κ3) is 4.56. The fourth-order valence-corrected chi connectivity index (χ4v) is 3.72. The topological polar surface area (TPSA) is 64.0 Å². The second kappa shape index (κ2) is 8.96. The first-order valence-corrected chi connectivity index (χ1v) is 10.5. The zero-order chi connectivity index (χ0) is 21.8. The van der Waals surface area contributed by atoms with Crippen molar-refractivity contribution in [3.05, 3.63) is 106 Å². The van der Waals surface area contributed by atoms with E-state index >= 15 is 0 Å². The SMILES string of the molecule is Cc1nc2ccccc2c(=O)n1-c1ccc(C(=O)N[C@H](C)CCc2ccccc2)cc1. The second-order valence-corrected chi connectivity index (χ2v) is 7.76. The van der Waals surface area contributed by atoms with Crippen LogP contribution in [-0.4, -0.2) is 21.5 Å². The highest BCUT2D eigenvalue weighted by Gasteiger charge is 2.13. The van der Waals surface area contributed by atoms with Gasteiger partial charge in [0, 0.05) is 11.6 Å². The summed E-state index contributed by atoms with van der Waals surface area (Å²) in [4.78, 5) is 30.1. The number of rotatable bonds is 6. The Bertz CT molecular complexity index is 1260. The van der Waals surface area contributed by atoms with Crippen molar-refractivity contribution < 1.29 is 4.79 Å².